The van der Waals surface area contributed by atoms with E-state index in [0.717, 1.165) is 51.4 Å². The first-order chi connectivity index (χ1) is 10.2. The van der Waals surface area contributed by atoms with Crippen molar-refractivity contribution in [1.82, 2.24) is 0 Å². The van der Waals surface area contributed by atoms with E-state index in [0.29, 0.717) is 24.2 Å². The van der Waals surface area contributed by atoms with Crippen LogP contribution in [0.2, 0.25) is 0 Å². The van der Waals surface area contributed by atoms with Crippen LogP contribution in [0.4, 0.5) is 0 Å². The molecule has 3 unspecified atom stereocenters. The van der Waals surface area contributed by atoms with Gasteiger partial charge in [0.1, 0.15) is 11.7 Å². The number of hydrogen-bond donors (Lipinski definition) is 0. The standard InChI is InChI=1S/C17H24O4/c18-10-20-17-8-11-5-12(9-17)7-13(6-11)15(17)16(19)21-14-3-1-2-4-14/h10-15H,1-9H2. The maximum Gasteiger partial charge on any atom is 0.313 e. The van der Waals surface area contributed by atoms with Crippen LogP contribution < -0.4 is 0 Å². The Morgan fingerprint density at radius 3 is 2.33 bits per heavy atom. The average molecular weight is 292 g/mol. The van der Waals surface area contributed by atoms with E-state index in [9.17, 15) is 9.59 Å². The van der Waals surface area contributed by atoms with Crippen molar-refractivity contribution in [3.05, 3.63) is 0 Å². The van der Waals surface area contributed by atoms with Gasteiger partial charge >= 0.3 is 5.97 Å². The molecule has 5 aliphatic carbocycles. The van der Waals surface area contributed by atoms with E-state index in [1.165, 1.54) is 6.42 Å². The molecule has 0 saturated heterocycles. The quantitative estimate of drug-likeness (QED) is 0.590. The zero-order valence-electron chi connectivity index (χ0n) is 12.5. The zero-order chi connectivity index (χ0) is 14.4. The van der Waals surface area contributed by atoms with Crippen molar-refractivity contribution in [2.45, 2.75) is 69.5 Å². The molecule has 0 spiro atoms. The van der Waals surface area contributed by atoms with Gasteiger partial charge in [0.25, 0.3) is 6.47 Å². The second-order valence-electron chi connectivity index (χ2n) is 7.71. The molecular weight excluding hydrogens is 268 g/mol. The summed E-state index contributed by atoms with van der Waals surface area (Å²) >= 11 is 0. The predicted molar refractivity (Wildman–Crippen MR) is 75.3 cm³/mol. The number of ether oxygens (including phenoxy) is 2. The molecule has 5 rings (SSSR count). The summed E-state index contributed by atoms with van der Waals surface area (Å²) in [5, 5.41) is 0. The van der Waals surface area contributed by atoms with Crippen LogP contribution in [-0.2, 0) is 19.1 Å². The summed E-state index contributed by atoms with van der Waals surface area (Å²) in [6, 6.07) is 0. The Hall–Kier alpha value is -1.06. The van der Waals surface area contributed by atoms with Crippen LogP contribution in [0.15, 0.2) is 0 Å². The Morgan fingerprint density at radius 1 is 1.05 bits per heavy atom. The maximum atomic E-state index is 12.8. The minimum absolute atomic E-state index is 0.0902. The Balaban J connectivity index is 1.56. The van der Waals surface area contributed by atoms with Gasteiger partial charge in [-0.15, -0.1) is 0 Å². The first kappa shape index (κ1) is 13.6. The van der Waals surface area contributed by atoms with Crippen molar-refractivity contribution in [3.63, 3.8) is 0 Å². The molecule has 4 heteroatoms. The lowest BCUT2D eigenvalue weighted by Crippen LogP contribution is -2.61. The lowest BCUT2D eigenvalue weighted by Gasteiger charge is -2.58. The van der Waals surface area contributed by atoms with Crippen molar-refractivity contribution in [3.8, 4) is 0 Å². The van der Waals surface area contributed by atoms with Crippen LogP contribution >= 0.6 is 0 Å². The summed E-state index contributed by atoms with van der Waals surface area (Å²) in [5.41, 5.74) is -0.549. The summed E-state index contributed by atoms with van der Waals surface area (Å²) in [4.78, 5) is 23.8. The third-order valence-corrected chi connectivity index (χ3v) is 6.37. The van der Waals surface area contributed by atoms with E-state index in [-0.39, 0.29) is 18.0 Å². The molecule has 4 nitrogen and oxygen atoms in total. The highest BCUT2D eigenvalue weighted by molar-refractivity contribution is 5.75. The Morgan fingerprint density at radius 2 is 1.71 bits per heavy atom. The van der Waals surface area contributed by atoms with Crippen molar-refractivity contribution >= 4 is 12.4 Å². The second kappa shape index (κ2) is 4.99. The van der Waals surface area contributed by atoms with Crippen LogP contribution in [0, 0.1) is 23.7 Å². The smallest absolute Gasteiger partial charge is 0.313 e. The number of hydrogen-bond acceptors (Lipinski definition) is 4. The molecule has 0 aromatic heterocycles. The molecule has 5 aliphatic rings. The summed E-state index contributed by atoms with van der Waals surface area (Å²) < 4.78 is 11.3. The van der Waals surface area contributed by atoms with E-state index in [1.54, 1.807) is 0 Å². The Labute approximate surface area is 125 Å². The van der Waals surface area contributed by atoms with Gasteiger partial charge in [0, 0.05) is 0 Å². The van der Waals surface area contributed by atoms with E-state index in [2.05, 4.69) is 0 Å². The molecule has 0 aromatic carbocycles. The first-order valence-corrected chi connectivity index (χ1v) is 8.52. The van der Waals surface area contributed by atoms with Crippen molar-refractivity contribution in [2.24, 2.45) is 23.7 Å². The van der Waals surface area contributed by atoms with Crippen LogP contribution in [0.25, 0.3) is 0 Å². The van der Waals surface area contributed by atoms with Crippen LogP contribution in [0.3, 0.4) is 0 Å². The van der Waals surface area contributed by atoms with Gasteiger partial charge in [0.2, 0.25) is 0 Å². The highest BCUT2D eigenvalue weighted by Gasteiger charge is 2.62. The third-order valence-electron chi connectivity index (χ3n) is 6.37. The SMILES string of the molecule is O=COC12CC3CC(CC(C3)C1C(=O)OC1CCCC1)C2. The summed E-state index contributed by atoms with van der Waals surface area (Å²) in [6.07, 6.45) is 9.62. The molecule has 0 radical (unpaired) electrons. The molecule has 0 aromatic rings. The summed E-state index contributed by atoms with van der Waals surface area (Å²) in [6.45, 7) is 0.559. The van der Waals surface area contributed by atoms with Gasteiger partial charge in [-0.25, -0.2) is 0 Å². The van der Waals surface area contributed by atoms with Crippen molar-refractivity contribution in [1.29, 1.82) is 0 Å². The van der Waals surface area contributed by atoms with Gasteiger partial charge < -0.3 is 9.47 Å². The third kappa shape index (κ3) is 2.18. The summed E-state index contributed by atoms with van der Waals surface area (Å²) in [5.74, 6) is 1.34. The summed E-state index contributed by atoms with van der Waals surface area (Å²) in [7, 11) is 0. The molecule has 4 bridgehead atoms. The fourth-order valence-corrected chi connectivity index (χ4v) is 5.88. The molecule has 3 atom stereocenters. The number of rotatable bonds is 4. The molecule has 0 heterocycles. The molecular formula is C17H24O4. The zero-order valence-corrected chi connectivity index (χ0v) is 12.5. The molecule has 21 heavy (non-hydrogen) atoms. The minimum Gasteiger partial charge on any atom is -0.462 e. The van der Waals surface area contributed by atoms with Crippen molar-refractivity contribution in [2.75, 3.05) is 0 Å². The minimum atomic E-state index is -0.549. The largest absolute Gasteiger partial charge is 0.462 e. The normalized spacial score (nSPS) is 44.8. The predicted octanol–water partition coefficient (Wildman–Crippen LogP) is 2.84. The van der Waals surface area contributed by atoms with Crippen LogP contribution in [-0.4, -0.2) is 24.1 Å². The molecule has 0 aliphatic heterocycles. The molecule has 0 amide bonds. The number of carbonyl (C=O) groups excluding carboxylic acids is 2. The first-order valence-electron chi connectivity index (χ1n) is 8.52. The average Bonchev–Trinajstić information content (AvgIpc) is 2.90. The topological polar surface area (TPSA) is 52.6 Å². The van der Waals surface area contributed by atoms with Gasteiger partial charge in [-0.3, -0.25) is 9.59 Å². The second-order valence-corrected chi connectivity index (χ2v) is 7.71. The maximum absolute atomic E-state index is 12.8. The van der Waals surface area contributed by atoms with Gasteiger partial charge in [0.05, 0.1) is 5.92 Å². The van der Waals surface area contributed by atoms with Gasteiger partial charge in [-0.1, -0.05) is 0 Å². The van der Waals surface area contributed by atoms with Gasteiger partial charge in [0.15, 0.2) is 0 Å². The number of esters is 1. The van der Waals surface area contributed by atoms with E-state index >= 15 is 0 Å². The monoisotopic (exact) mass is 292 g/mol. The molecule has 116 valence electrons. The van der Waals surface area contributed by atoms with E-state index in [4.69, 9.17) is 9.47 Å². The fourth-order valence-electron chi connectivity index (χ4n) is 5.88. The Bertz CT molecular complexity index is 426. The van der Waals surface area contributed by atoms with E-state index < -0.39 is 5.60 Å². The Kier molecular flexibility index (Phi) is 3.23. The highest BCUT2D eigenvalue weighted by atomic mass is 16.6. The van der Waals surface area contributed by atoms with Gasteiger partial charge in [-0.05, 0) is 75.5 Å². The highest BCUT2D eigenvalue weighted by Crippen LogP contribution is 2.60. The molecule has 0 N–H and O–H groups in total. The van der Waals surface area contributed by atoms with Crippen LogP contribution in [0.5, 0.6) is 0 Å². The van der Waals surface area contributed by atoms with Crippen LogP contribution in [0.1, 0.15) is 57.8 Å². The van der Waals surface area contributed by atoms with E-state index in [1.807, 2.05) is 0 Å². The molecule has 5 saturated carbocycles. The van der Waals surface area contributed by atoms with Gasteiger partial charge in [-0.2, -0.15) is 0 Å². The lowest BCUT2D eigenvalue weighted by atomic mass is 9.49. The van der Waals surface area contributed by atoms with Crippen molar-refractivity contribution < 1.29 is 19.1 Å². The molecule has 5 fully saturated rings. The fraction of sp³-hybridized carbons (Fsp3) is 0.882. The lowest BCUT2D eigenvalue weighted by molar-refractivity contribution is -0.211. The number of carbonyl (C=O) groups is 2.